The molecule has 6 heteroatoms. The summed E-state index contributed by atoms with van der Waals surface area (Å²) in [6.07, 6.45) is 1.86. The predicted octanol–water partition coefficient (Wildman–Crippen LogP) is 5.14. The number of amidine groups is 1. The first-order valence-corrected chi connectivity index (χ1v) is 9.10. The number of amides is 1. The summed E-state index contributed by atoms with van der Waals surface area (Å²) in [5.74, 6) is -0.132. The molecule has 1 aliphatic rings. The highest BCUT2D eigenvalue weighted by Gasteiger charge is 2.24. The third kappa shape index (κ3) is 3.97. The van der Waals surface area contributed by atoms with E-state index in [1.165, 1.54) is 11.8 Å². The molecule has 23 heavy (non-hydrogen) atoms. The zero-order chi connectivity index (χ0) is 16.4. The van der Waals surface area contributed by atoms with Gasteiger partial charge in [0.25, 0.3) is 5.91 Å². The number of carbonyl (C=O) groups excluding carboxylic acids is 1. The minimum atomic E-state index is -0.132. The van der Waals surface area contributed by atoms with Crippen molar-refractivity contribution >= 4 is 68.8 Å². The Hall–Kier alpha value is -1.31. The quantitative estimate of drug-likeness (QED) is 0.504. The minimum absolute atomic E-state index is 0.132. The van der Waals surface area contributed by atoms with Gasteiger partial charge in [-0.1, -0.05) is 29.8 Å². The monoisotopic (exact) mass is 454 g/mol. The first-order valence-electron chi connectivity index (χ1n) is 6.83. The van der Waals surface area contributed by atoms with Crippen molar-refractivity contribution in [3.8, 4) is 0 Å². The van der Waals surface area contributed by atoms with Crippen LogP contribution in [0, 0.1) is 10.5 Å². The Labute approximate surface area is 157 Å². The second-order valence-electron chi connectivity index (χ2n) is 4.92. The standard InChI is InChI=1S/C17H12ClIN2OS/c1-10-13(18)3-2-4-14(10)20-17-21-16(22)15(23-17)9-11-5-7-12(19)8-6-11/h2-9H,1H3,(H,20,21,22)/b15-9+. The van der Waals surface area contributed by atoms with Gasteiger partial charge in [0.05, 0.1) is 10.6 Å². The highest BCUT2D eigenvalue weighted by atomic mass is 127. The van der Waals surface area contributed by atoms with Crippen LogP contribution in [-0.2, 0) is 4.79 Å². The molecule has 3 nitrogen and oxygen atoms in total. The predicted molar refractivity (Wildman–Crippen MR) is 106 cm³/mol. The molecular weight excluding hydrogens is 443 g/mol. The van der Waals surface area contributed by atoms with Gasteiger partial charge >= 0.3 is 0 Å². The van der Waals surface area contributed by atoms with Crippen LogP contribution in [0.15, 0.2) is 52.4 Å². The van der Waals surface area contributed by atoms with Crippen molar-refractivity contribution in [1.82, 2.24) is 5.32 Å². The van der Waals surface area contributed by atoms with E-state index in [0.717, 1.165) is 20.4 Å². The third-order valence-corrected chi connectivity index (χ3v) is 5.32. The number of rotatable bonds is 2. The SMILES string of the molecule is Cc1c(Cl)cccc1N=C1NC(=O)/C(=C\c2ccc(I)cc2)S1. The average molecular weight is 455 g/mol. The van der Waals surface area contributed by atoms with E-state index in [-0.39, 0.29) is 5.91 Å². The van der Waals surface area contributed by atoms with Crippen LogP contribution in [0.4, 0.5) is 5.69 Å². The Balaban J connectivity index is 1.86. The maximum atomic E-state index is 12.1. The molecule has 0 unspecified atom stereocenters. The molecule has 0 aliphatic carbocycles. The van der Waals surface area contributed by atoms with Crippen molar-refractivity contribution < 1.29 is 4.79 Å². The second-order valence-corrected chi connectivity index (χ2v) is 7.60. The Morgan fingerprint density at radius 1 is 1.22 bits per heavy atom. The number of hydrogen-bond donors (Lipinski definition) is 1. The van der Waals surface area contributed by atoms with E-state index in [4.69, 9.17) is 11.6 Å². The molecular formula is C17H12ClIN2OS. The highest BCUT2D eigenvalue weighted by Crippen LogP contribution is 2.31. The molecule has 116 valence electrons. The summed E-state index contributed by atoms with van der Waals surface area (Å²) in [7, 11) is 0. The number of carbonyl (C=O) groups is 1. The molecule has 1 heterocycles. The molecule has 1 aliphatic heterocycles. The summed E-state index contributed by atoms with van der Waals surface area (Å²) in [4.78, 5) is 17.2. The van der Waals surface area contributed by atoms with Crippen LogP contribution in [-0.4, -0.2) is 11.1 Å². The fraction of sp³-hybridized carbons (Fsp3) is 0.0588. The number of benzene rings is 2. The summed E-state index contributed by atoms with van der Waals surface area (Å²) in [5, 5.41) is 4.02. The zero-order valence-corrected chi connectivity index (χ0v) is 15.9. The smallest absolute Gasteiger partial charge is 0.264 e. The zero-order valence-electron chi connectivity index (χ0n) is 12.1. The Kier molecular flexibility index (Phi) is 5.08. The summed E-state index contributed by atoms with van der Waals surface area (Å²) in [6, 6.07) is 13.5. The maximum Gasteiger partial charge on any atom is 0.264 e. The van der Waals surface area contributed by atoms with Gasteiger partial charge in [-0.25, -0.2) is 4.99 Å². The molecule has 0 atom stereocenters. The van der Waals surface area contributed by atoms with Crippen molar-refractivity contribution in [3.63, 3.8) is 0 Å². The number of aliphatic imine (C=N–C) groups is 1. The number of thioether (sulfide) groups is 1. The van der Waals surface area contributed by atoms with E-state index >= 15 is 0 Å². The summed E-state index contributed by atoms with van der Waals surface area (Å²) in [5.41, 5.74) is 2.64. The summed E-state index contributed by atoms with van der Waals surface area (Å²) >= 11 is 9.69. The lowest BCUT2D eigenvalue weighted by atomic mass is 10.2. The third-order valence-electron chi connectivity index (χ3n) is 3.28. The van der Waals surface area contributed by atoms with E-state index in [2.05, 4.69) is 32.9 Å². The van der Waals surface area contributed by atoms with E-state index in [1.54, 1.807) is 0 Å². The Morgan fingerprint density at radius 2 is 1.96 bits per heavy atom. The Bertz CT molecular complexity index is 831. The van der Waals surface area contributed by atoms with Crippen LogP contribution in [0.3, 0.4) is 0 Å². The van der Waals surface area contributed by atoms with Gasteiger partial charge in [0.1, 0.15) is 0 Å². The molecule has 0 saturated carbocycles. The molecule has 0 bridgehead atoms. The van der Waals surface area contributed by atoms with Gasteiger partial charge in [-0.15, -0.1) is 0 Å². The topological polar surface area (TPSA) is 41.5 Å². The number of nitrogens with one attached hydrogen (secondary N) is 1. The molecule has 1 saturated heterocycles. The van der Waals surface area contributed by atoms with Crippen molar-refractivity contribution in [2.24, 2.45) is 4.99 Å². The van der Waals surface area contributed by atoms with Crippen molar-refractivity contribution in [3.05, 3.63) is 67.1 Å². The number of hydrogen-bond acceptors (Lipinski definition) is 3. The second kappa shape index (κ2) is 7.07. The molecule has 1 fully saturated rings. The van der Waals surface area contributed by atoms with Gasteiger partial charge in [0.15, 0.2) is 5.17 Å². The first-order chi connectivity index (χ1) is 11.0. The average Bonchev–Trinajstić information content (AvgIpc) is 2.86. The molecule has 1 N–H and O–H groups in total. The van der Waals surface area contributed by atoms with Crippen LogP contribution >= 0.6 is 46.0 Å². The Morgan fingerprint density at radius 3 is 2.70 bits per heavy atom. The van der Waals surface area contributed by atoms with Crippen LogP contribution in [0.1, 0.15) is 11.1 Å². The minimum Gasteiger partial charge on any atom is -0.300 e. The van der Waals surface area contributed by atoms with Gasteiger partial charge in [0.2, 0.25) is 0 Å². The first kappa shape index (κ1) is 16.5. The van der Waals surface area contributed by atoms with Crippen LogP contribution < -0.4 is 5.32 Å². The van der Waals surface area contributed by atoms with E-state index < -0.39 is 0 Å². The fourth-order valence-corrected chi connectivity index (χ4v) is 3.38. The maximum absolute atomic E-state index is 12.1. The van der Waals surface area contributed by atoms with Crippen LogP contribution in [0.5, 0.6) is 0 Å². The van der Waals surface area contributed by atoms with Gasteiger partial charge in [0, 0.05) is 8.59 Å². The van der Waals surface area contributed by atoms with E-state index in [9.17, 15) is 4.79 Å². The van der Waals surface area contributed by atoms with Crippen molar-refractivity contribution in [2.45, 2.75) is 6.92 Å². The van der Waals surface area contributed by atoms with Gasteiger partial charge in [-0.2, -0.15) is 0 Å². The number of nitrogens with zero attached hydrogens (tertiary/aromatic N) is 1. The highest BCUT2D eigenvalue weighted by molar-refractivity contribution is 14.1. The fourth-order valence-electron chi connectivity index (χ4n) is 2.02. The molecule has 0 radical (unpaired) electrons. The number of halogens is 2. The van der Waals surface area contributed by atoms with Gasteiger partial charge < -0.3 is 5.32 Å². The van der Waals surface area contributed by atoms with Crippen LogP contribution in [0.2, 0.25) is 5.02 Å². The van der Waals surface area contributed by atoms with Crippen molar-refractivity contribution in [1.29, 1.82) is 0 Å². The molecule has 2 aromatic carbocycles. The van der Waals surface area contributed by atoms with Gasteiger partial charge in [-0.3, -0.25) is 4.79 Å². The largest absolute Gasteiger partial charge is 0.300 e. The molecule has 1 amide bonds. The molecule has 0 spiro atoms. The van der Waals surface area contributed by atoms with Gasteiger partial charge in [-0.05, 0) is 82.7 Å². The molecule has 3 rings (SSSR count). The van der Waals surface area contributed by atoms with Crippen molar-refractivity contribution in [2.75, 3.05) is 0 Å². The van der Waals surface area contributed by atoms with E-state index in [0.29, 0.717) is 15.1 Å². The van der Waals surface area contributed by atoms with Crippen LogP contribution in [0.25, 0.3) is 6.08 Å². The lowest BCUT2D eigenvalue weighted by molar-refractivity contribution is -0.115. The van der Waals surface area contributed by atoms with E-state index in [1.807, 2.05) is 55.5 Å². The summed E-state index contributed by atoms with van der Waals surface area (Å²) < 4.78 is 1.16. The molecule has 2 aromatic rings. The normalized spacial score (nSPS) is 17.8. The molecule has 0 aromatic heterocycles. The lowest BCUT2D eigenvalue weighted by Gasteiger charge is -2.02. The lowest BCUT2D eigenvalue weighted by Crippen LogP contribution is -2.19. The summed E-state index contributed by atoms with van der Waals surface area (Å²) in [6.45, 7) is 1.91.